The van der Waals surface area contributed by atoms with E-state index in [2.05, 4.69) is 10.3 Å². The summed E-state index contributed by atoms with van der Waals surface area (Å²) in [6, 6.07) is 16.7. The Bertz CT molecular complexity index is 1130. The molecule has 9 heteroatoms. The molecule has 0 saturated carbocycles. The maximum absolute atomic E-state index is 13.3. The number of benzene rings is 2. The summed E-state index contributed by atoms with van der Waals surface area (Å²) in [5, 5.41) is 4.65. The Morgan fingerprint density at radius 2 is 2.00 bits per heavy atom. The Labute approximate surface area is 193 Å². The minimum absolute atomic E-state index is 0.00406. The van der Waals surface area contributed by atoms with E-state index in [1.54, 1.807) is 59.7 Å². The fraction of sp³-hybridized carbons (Fsp3) is 0.174. The van der Waals surface area contributed by atoms with Crippen molar-refractivity contribution >= 4 is 51.5 Å². The van der Waals surface area contributed by atoms with E-state index in [9.17, 15) is 14.0 Å². The predicted octanol–water partition coefficient (Wildman–Crippen LogP) is 5.06. The average Bonchev–Trinajstić information content (AvgIpc) is 3.40. The molecule has 0 spiro atoms. The Hall–Kier alpha value is -3.17. The van der Waals surface area contributed by atoms with Crippen LogP contribution in [0, 0.1) is 5.82 Å². The molecule has 3 aromatic rings. The number of aliphatic imine (C=N–C) groups is 1. The van der Waals surface area contributed by atoms with Gasteiger partial charge in [0.15, 0.2) is 5.17 Å². The molecule has 1 saturated heterocycles. The smallest absolute Gasteiger partial charge is 0.243 e. The molecule has 2 heterocycles. The van der Waals surface area contributed by atoms with Gasteiger partial charge >= 0.3 is 0 Å². The zero-order valence-electron chi connectivity index (χ0n) is 17.2. The first-order valence-corrected chi connectivity index (χ1v) is 11.6. The molecule has 1 aliphatic heterocycles. The van der Waals surface area contributed by atoms with Crippen LogP contribution in [0.25, 0.3) is 0 Å². The highest BCUT2D eigenvalue weighted by molar-refractivity contribution is 8.15. The molecule has 1 aliphatic rings. The van der Waals surface area contributed by atoms with E-state index in [0.29, 0.717) is 28.8 Å². The van der Waals surface area contributed by atoms with E-state index in [4.69, 9.17) is 4.74 Å². The molecule has 164 valence electrons. The molecule has 0 aliphatic carbocycles. The van der Waals surface area contributed by atoms with E-state index in [-0.39, 0.29) is 24.1 Å². The summed E-state index contributed by atoms with van der Waals surface area (Å²) < 4.78 is 18.4. The number of methoxy groups -OCH3 is 1. The molecule has 1 aromatic heterocycles. The predicted molar refractivity (Wildman–Crippen MR) is 126 cm³/mol. The van der Waals surface area contributed by atoms with Crippen molar-refractivity contribution in [3.63, 3.8) is 0 Å². The van der Waals surface area contributed by atoms with Crippen LogP contribution in [0.4, 0.5) is 15.8 Å². The van der Waals surface area contributed by atoms with E-state index < -0.39 is 5.25 Å². The molecule has 1 fully saturated rings. The average molecular weight is 470 g/mol. The molecule has 0 radical (unpaired) electrons. The lowest BCUT2D eigenvalue weighted by Gasteiger charge is -2.15. The van der Waals surface area contributed by atoms with Crippen LogP contribution in [0.1, 0.15) is 11.3 Å². The Balaban J connectivity index is 1.51. The molecule has 4 rings (SSSR count). The molecule has 32 heavy (non-hydrogen) atoms. The number of carbonyl (C=O) groups is 2. The van der Waals surface area contributed by atoms with Gasteiger partial charge in [-0.3, -0.25) is 14.5 Å². The van der Waals surface area contributed by atoms with Gasteiger partial charge in [0.25, 0.3) is 0 Å². The summed E-state index contributed by atoms with van der Waals surface area (Å²) in [7, 11) is 1.55. The molecule has 2 aromatic carbocycles. The maximum atomic E-state index is 13.3. The van der Waals surface area contributed by atoms with Gasteiger partial charge in [-0.15, -0.1) is 11.3 Å². The zero-order valence-corrected chi connectivity index (χ0v) is 18.8. The molecular formula is C23H20FN3O3S2. The number of thiophene rings is 1. The summed E-state index contributed by atoms with van der Waals surface area (Å²) in [6.45, 7) is 0.373. The third kappa shape index (κ3) is 5.35. The van der Waals surface area contributed by atoms with Crippen LogP contribution in [-0.2, 0) is 16.1 Å². The summed E-state index contributed by atoms with van der Waals surface area (Å²) in [5.41, 5.74) is 1.14. The molecule has 0 bridgehead atoms. The minimum atomic E-state index is -0.597. The third-order valence-electron chi connectivity index (χ3n) is 4.69. The van der Waals surface area contributed by atoms with E-state index in [1.165, 1.54) is 23.9 Å². The van der Waals surface area contributed by atoms with Gasteiger partial charge in [-0.2, -0.15) is 0 Å². The van der Waals surface area contributed by atoms with Crippen LogP contribution in [-0.4, -0.2) is 34.2 Å². The van der Waals surface area contributed by atoms with Crippen molar-refractivity contribution in [3.05, 3.63) is 76.7 Å². The number of carbonyl (C=O) groups excluding carboxylic acids is 2. The lowest BCUT2D eigenvalue weighted by molar-refractivity contribution is -0.128. The molecular weight excluding hydrogens is 449 g/mol. The Morgan fingerprint density at radius 3 is 2.72 bits per heavy atom. The highest BCUT2D eigenvalue weighted by atomic mass is 32.2. The van der Waals surface area contributed by atoms with Crippen LogP contribution in [0.5, 0.6) is 5.75 Å². The quantitative estimate of drug-likeness (QED) is 0.525. The minimum Gasteiger partial charge on any atom is -0.497 e. The first kappa shape index (κ1) is 22.0. The fourth-order valence-electron chi connectivity index (χ4n) is 3.14. The Morgan fingerprint density at radius 1 is 1.19 bits per heavy atom. The summed E-state index contributed by atoms with van der Waals surface area (Å²) in [6.07, 6.45) is 0.00406. The van der Waals surface area contributed by atoms with E-state index in [0.717, 1.165) is 4.88 Å². The van der Waals surface area contributed by atoms with Gasteiger partial charge < -0.3 is 10.1 Å². The van der Waals surface area contributed by atoms with Crippen LogP contribution >= 0.6 is 23.1 Å². The van der Waals surface area contributed by atoms with Crippen LogP contribution in [0.2, 0.25) is 0 Å². The van der Waals surface area contributed by atoms with Crippen LogP contribution in [0.3, 0.4) is 0 Å². The largest absolute Gasteiger partial charge is 0.497 e. The molecule has 1 N–H and O–H groups in total. The number of anilines is 1. The fourth-order valence-corrected chi connectivity index (χ4v) is 4.99. The normalized spacial score (nSPS) is 17.1. The molecule has 0 unspecified atom stereocenters. The van der Waals surface area contributed by atoms with Crippen LogP contribution < -0.4 is 10.1 Å². The number of hydrogen-bond donors (Lipinski definition) is 1. The Kier molecular flexibility index (Phi) is 6.87. The number of thioether (sulfide) groups is 1. The van der Waals surface area contributed by atoms with Gasteiger partial charge in [0.2, 0.25) is 11.8 Å². The van der Waals surface area contributed by atoms with Gasteiger partial charge in [0.1, 0.15) is 16.8 Å². The van der Waals surface area contributed by atoms with Crippen molar-refractivity contribution < 1.29 is 18.7 Å². The van der Waals surface area contributed by atoms with E-state index >= 15 is 0 Å². The summed E-state index contributed by atoms with van der Waals surface area (Å²) >= 11 is 2.79. The van der Waals surface area contributed by atoms with Crippen molar-refractivity contribution in [2.75, 3.05) is 12.4 Å². The number of nitrogens with one attached hydrogen (secondary N) is 1. The topological polar surface area (TPSA) is 71.0 Å². The van der Waals surface area contributed by atoms with E-state index in [1.807, 2.05) is 17.5 Å². The first-order chi connectivity index (χ1) is 15.5. The van der Waals surface area contributed by atoms with Crippen LogP contribution in [0.15, 0.2) is 71.0 Å². The second kappa shape index (κ2) is 9.97. The number of amides is 2. The summed E-state index contributed by atoms with van der Waals surface area (Å²) in [5.74, 6) is -0.176. The van der Waals surface area contributed by atoms with Crippen molar-refractivity contribution in [1.82, 2.24) is 4.90 Å². The lowest BCUT2D eigenvalue weighted by atomic mass is 10.2. The second-order valence-corrected chi connectivity index (χ2v) is 9.17. The number of hydrogen-bond acceptors (Lipinski definition) is 6. The number of ether oxygens (including phenoxy) is 1. The number of amidine groups is 1. The van der Waals surface area contributed by atoms with Gasteiger partial charge in [0, 0.05) is 23.1 Å². The second-order valence-electron chi connectivity index (χ2n) is 6.97. The van der Waals surface area contributed by atoms with Crippen molar-refractivity contribution in [1.29, 1.82) is 0 Å². The van der Waals surface area contributed by atoms with Gasteiger partial charge in [0.05, 0.1) is 19.3 Å². The monoisotopic (exact) mass is 469 g/mol. The highest BCUT2D eigenvalue weighted by Gasteiger charge is 2.39. The SMILES string of the molecule is COc1cccc(NC(=O)C[C@@H]2SC(=Nc3ccc(F)cc3)N(Cc3cccs3)C2=O)c1. The standard InChI is InChI=1S/C23H20FN3O3S2/c1-30-18-5-2-4-17(12-18)25-21(28)13-20-22(29)27(14-19-6-3-11-31-19)23(32-20)26-16-9-7-15(24)8-10-16/h2-12,20H,13-14H2,1H3,(H,25,28)/t20-/m0/s1. The number of nitrogens with zero attached hydrogens (tertiary/aromatic N) is 2. The molecule has 2 amide bonds. The first-order valence-electron chi connectivity index (χ1n) is 9.80. The molecule has 6 nitrogen and oxygen atoms in total. The molecule has 1 atom stereocenters. The van der Waals surface area contributed by atoms with Crippen molar-refractivity contribution in [2.45, 2.75) is 18.2 Å². The lowest BCUT2D eigenvalue weighted by Crippen LogP contribution is -2.32. The summed E-state index contributed by atoms with van der Waals surface area (Å²) in [4.78, 5) is 32.9. The van der Waals surface area contributed by atoms with Crippen molar-refractivity contribution in [2.24, 2.45) is 4.99 Å². The number of rotatable bonds is 7. The van der Waals surface area contributed by atoms with Gasteiger partial charge in [-0.25, -0.2) is 9.38 Å². The van der Waals surface area contributed by atoms with Crippen molar-refractivity contribution in [3.8, 4) is 5.75 Å². The number of halogens is 1. The van der Waals surface area contributed by atoms with Gasteiger partial charge in [-0.05, 0) is 47.8 Å². The third-order valence-corrected chi connectivity index (χ3v) is 6.73. The highest BCUT2D eigenvalue weighted by Crippen LogP contribution is 2.33. The van der Waals surface area contributed by atoms with Gasteiger partial charge in [-0.1, -0.05) is 23.9 Å². The maximum Gasteiger partial charge on any atom is 0.243 e. The zero-order chi connectivity index (χ0) is 22.5.